The summed E-state index contributed by atoms with van der Waals surface area (Å²) in [6, 6.07) is 16.0. The Bertz CT molecular complexity index is 1140. The van der Waals surface area contributed by atoms with Gasteiger partial charge in [0.15, 0.2) is 24.5 Å². The lowest BCUT2D eigenvalue weighted by Gasteiger charge is -2.15. The zero-order chi connectivity index (χ0) is 23.4. The Labute approximate surface area is 188 Å². The number of oxazole rings is 1. The van der Waals surface area contributed by atoms with Crippen molar-refractivity contribution in [3.63, 3.8) is 0 Å². The molecule has 33 heavy (non-hydrogen) atoms. The van der Waals surface area contributed by atoms with Crippen LogP contribution in [0.25, 0.3) is 11.1 Å². The van der Waals surface area contributed by atoms with E-state index in [1.165, 1.54) is 7.05 Å². The van der Waals surface area contributed by atoms with Crippen LogP contribution in [0.4, 0.5) is 4.79 Å². The Morgan fingerprint density at radius 2 is 1.73 bits per heavy atom. The third kappa shape index (κ3) is 4.70. The second-order valence-corrected chi connectivity index (χ2v) is 7.27. The van der Waals surface area contributed by atoms with Crippen LogP contribution in [0.1, 0.15) is 33.3 Å². The van der Waals surface area contributed by atoms with Gasteiger partial charge in [0.2, 0.25) is 0 Å². The number of ether oxygens (including phenoxy) is 1. The molecule has 0 bridgehead atoms. The molecule has 10 heteroatoms. The lowest BCUT2D eigenvalue weighted by Crippen LogP contribution is -2.31. The highest BCUT2D eigenvalue weighted by molar-refractivity contribution is 5.92. The molecule has 10 nitrogen and oxygen atoms in total. The molecule has 2 aromatic carbocycles. The maximum Gasteiger partial charge on any atom is 0.407 e. The summed E-state index contributed by atoms with van der Waals surface area (Å²) >= 11 is 0. The van der Waals surface area contributed by atoms with Crippen molar-refractivity contribution in [3.8, 4) is 11.1 Å². The number of hydrogen-bond donors (Lipinski definition) is 2. The molecule has 1 heterocycles. The van der Waals surface area contributed by atoms with Crippen molar-refractivity contribution in [2.75, 3.05) is 20.3 Å². The number of carbonyl (C=O) groups excluding carboxylic acids is 2. The molecule has 4 rings (SSSR count). The molecule has 0 spiro atoms. The molecule has 2 amide bonds. The number of carboxylic acid groups (broad SMARTS) is 1. The third-order valence-electron chi connectivity index (χ3n) is 5.25. The minimum absolute atomic E-state index is 0.0781. The molecular formula is C23H21N3O7. The number of nitrogens with one attached hydrogen (secondary N) is 1. The number of rotatable bonds is 8. The third-order valence-corrected chi connectivity index (χ3v) is 5.25. The Hall–Kier alpha value is -4.18. The zero-order valence-corrected chi connectivity index (χ0v) is 17.7. The van der Waals surface area contributed by atoms with Crippen LogP contribution in [0, 0.1) is 0 Å². The highest BCUT2D eigenvalue weighted by Gasteiger charge is 2.29. The molecule has 0 saturated heterocycles. The number of benzene rings is 2. The van der Waals surface area contributed by atoms with Gasteiger partial charge in [0.1, 0.15) is 6.61 Å². The van der Waals surface area contributed by atoms with Crippen LogP contribution < -0.4 is 5.32 Å². The standard InChI is InChI=1S/C23H21N3O7/c1-26(33-12-20(27)28)22(29)21-19(32-13-25-21)10-24-23(30)31-11-18-16-8-4-2-6-14(16)15-7-3-5-9-17(15)18/h2-9,13,18H,10-12H2,1H3,(H,24,30)(H,27,28). The smallest absolute Gasteiger partial charge is 0.407 e. The summed E-state index contributed by atoms with van der Waals surface area (Å²) in [6.07, 6.45) is 0.370. The molecule has 2 N–H and O–H groups in total. The Kier molecular flexibility index (Phi) is 6.36. The SMILES string of the molecule is CN(OCC(=O)O)C(=O)c1ncoc1CNC(=O)OCC1c2ccccc2-c2ccccc21. The number of hydroxylamine groups is 2. The largest absolute Gasteiger partial charge is 0.479 e. The Morgan fingerprint density at radius 3 is 2.36 bits per heavy atom. The first-order valence-electron chi connectivity index (χ1n) is 10.1. The average Bonchev–Trinajstić information content (AvgIpc) is 3.42. The molecule has 0 aliphatic heterocycles. The predicted molar refractivity (Wildman–Crippen MR) is 114 cm³/mol. The fourth-order valence-corrected chi connectivity index (χ4v) is 3.73. The molecule has 170 valence electrons. The van der Waals surface area contributed by atoms with Gasteiger partial charge in [-0.2, -0.15) is 0 Å². The van der Waals surface area contributed by atoms with Gasteiger partial charge in [-0.25, -0.2) is 19.6 Å². The quantitative estimate of drug-likeness (QED) is 0.500. The number of carboxylic acids is 1. The van der Waals surface area contributed by atoms with Gasteiger partial charge in [-0.1, -0.05) is 48.5 Å². The first-order chi connectivity index (χ1) is 16.0. The van der Waals surface area contributed by atoms with Gasteiger partial charge in [0, 0.05) is 13.0 Å². The van der Waals surface area contributed by atoms with Crippen LogP contribution in [0.2, 0.25) is 0 Å². The summed E-state index contributed by atoms with van der Waals surface area (Å²) in [5.74, 6) is -1.94. The summed E-state index contributed by atoms with van der Waals surface area (Å²) < 4.78 is 10.6. The minimum atomic E-state index is -1.23. The van der Waals surface area contributed by atoms with Crippen LogP contribution in [-0.2, 0) is 20.9 Å². The molecule has 0 radical (unpaired) electrons. The molecule has 1 aromatic heterocycles. The first-order valence-corrected chi connectivity index (χ1v) is 10.1. The van der Waals surface area contributed by atoms with Crippen molar-refractivity contribution in [2.45, 2.75) is 12.5 Å². The highest BCUT2D eigenvalue weighted by Crippen LogP contribution is 2.44. The van der Waals surface area contributed by atoms with E-state index >= 15 is 0 Å². The Balaban J connectivity index is 1.35. The van der Waals surface area contributed by atoms with Crippen LogP contribution in [-0.4, -0.2) is 53.4 Å². The molecule has 3 aromatic rings. The van der Waals surface area contributed by atoms with Crippen molar-refractivity contribution in [2.24, 2.45) is 0 Å². The van der Waals surface area contributed by atoms with Crippen LogP contribution in [0.15, 0.2) is 59.3 Å². The molecule has 0 saturated carbocycles. The second kappa shape index (κ2) is 9.53. The van der Waals surface area contributed by atoms with E-state index in [2.05, 4.69) is 10.3 Å². The van der Waals surface area contributed by atoms with Gasteiger partial charge in [-0.05, 0) is 22.3 Å². The average molecular weight is 451 g/mol. The lowest BCUT2D eigenvalue weighted by atomic mass is 9.98. The van der Waals surface area contributed by atoms with Crippen molar-refractivity contribution >= 4 is 18.0 Å². The lowest BCUT2D eigenvalue weighted by molar-refractivity contribution is -0.159. The van der Waals surface area contributed by atoms with Gasteiger partial charge in [0.25, 0.3) is 5.91 Å². The molecule has 1 aliphatic carbocycles. The summed E-state index contributed by atoms with van der Waals surface area (Å²) in [5.41, 5.74) is 4.34. The van der Waals surface area contributed by atoms with E-state index in [-0.39, 0.29) is 30.5 Å². The van der Waals surface area contributed by atoms with Gasteiger partial charge in [-0.15, -0.1) is 0 Å². The van der Waals surface area contributed by atoms with Gasteiger partial charge >= 0.3 is 12.1 Å². The molecule has 0 atom stereocenters. The predicted octanol–water partition coefficient (Wildman–Crippen LogP) is 2.80. The molecule has 0 unspecified atom stereocenters. The maximum absolute atomic E-state index is 12.4. The number of aromatic nitrogens is 1. The van der Waals surface area contributed by atoms with E-state index in [0.29, 0.717) is 0 Å². The van der Waals surface area contributed by atoms with Crippen LogP contribution in [0.3, 0.4) is 0 Å². The number of aliphatic carboxylic acids is 1. The van der Waals surface area contributed by atoms with Crippen LogP contribution >= 0.6 is 0 Å². The van der Waals surface area contributed by atoms with E-state index in [1.807, 2.05) is 48.5 Å². The summed E-state index contributed by atoms with van der Waals surface area (Å²) in [6.45, 7) is -0.689. The van der Waals surface area contributed by atoms with Gasteiger partial charge < -0.3 is 19.6 Å². The number of carbonyl (C=O) groups is 3. The zero-order valence-electron chi connectivity index (χ0n) is 17.7. The summed E-state index contributed by atoms with van der Waals surface area (Å²) in [5, 5.41) is 11.9. The Morgan fingerprint density at radius 1 is 1.09 bits per heavy atom. The van der Waals surface area contributed by atoms with Gasteiger partial charge in [-0.3, -0.25) is 9.63 Å². The van der Waals surface area contributed by atoms with Crippen molar-refractivity contribution < 1.29 is 33.5 Å². The van der Waals surface area contributed by atoms with Crippen LogP contribution in [0.5, 0.6) is 0 Å². The monoisotopic (exact) mass is 451 g/mol. The number of alkyl carbamates (subject to hydrolysis) is 1. The number of amides is 2. The van der Waals surface area contributed by atoms with Crippen molar-refractivity contribution in [3.05, 3.63) is 77.5 Å². The fraction of sp³-hybridized carbons (Fsp3) is 0.217. The van der Waals surface area contributed by atoms with E-state index < -0.39 is 24.6 Å². The molecule has 1 aliphatic rings. The molecule has 0 fully saturated rings. The normalized spacial score (nSPS) is 12.0. The minimum Gasteiger partial charge on any atom is -0.479 e. The van der Waals surface area contributed by atoms with E-state index in [1.54, 1.807) is 0 Å². The maximum atomic E-state index is 12.4. The molecular weight excluding hydrogens is 430 g/mol. The van der Waals surface area contributed by atoms with E-state index in [0.717, 1.165) is 33.7 Å². The number of fused-ring (bicyclic) bond motifs is 3. The highest BCUT2D eigenvalue weighted by atomic mass is 16.7. The topological polar surface area (TPSA) is 131 Å². The number of nitrogens with zero attached hydrogens (tertiary/aromatic N) is 2. The number of hydrogen-bond acceptors (Lipinski definition) is 7. The second-order valence-electron chi connectivity index (χ2n) is 7.27. The van der Waals surface area contributed by atoms with Crippen molar-refractivity contribution in [1.82, 2.24) is 15.4 Å². The summed E-state index contributed by atoms with van der Waals surface area (Å²) in [4.78, 5) is 43.9. The van der Waals surface area contributed by atoms with Gasteiger partial charge in [0.05, 0.1) is 6.54 Å². The van der Waals surface area contributed by atoms with E-state index in [4.69, 9.17) is 19.1 Å². The first kappa shape index (κ1) is 22.0. The van der Waals surface area contributed by atoms with E-state index in [9.17, 15) is 14.4 Å². The van der Waals surface area contributed by atoms with Crippen molar-refractivity contribution in [1.29, 1.82) is 0 Å². The fourth-order valence-electron chi connectivity index (χ4n) is 3.73. The summed E-state index contributed by atoms with van der Waals surface area (Å²) in [7, 11) is 1.25.